The number of benzene rings is 1. The number of rotatable bonds is 10. The highest BCUT2D eigenvalue weighted by atomic mass is 32.2. The molecular formula is C22H27N3O2S2. The molecule has 0 spiro atoms. The van der Waals surface area contributed by atoms with Crippen molar-refractivity contribution >= 4 is 45.8 Å². The van der Waals surface area contributed by atoms with Gasteiger partial charge in [-0.25, -0.2) is 4.98 Å². The molecule has 5 nitrogen and oxygen atoms in total. The number of fused-ring (bicyclic) bond motifs is 1. The zero-order valence-corrected chi connectivity index (χ0v) is 18.7. The van der Waals surface area contributed by atoms with Crippen LogP contribution in [0.25, 0.3) is 11.0 Å². The fourth-order valence-electron chi connectivity index (χ4n) is 2.99. The Bertz CT molecular complexity index is 991. The molecule has 0 aliphatic heterocycles. The third-order valence-corrected chi connectivity index (χ3v) is 6.73. The van der Waals surface area contributed by atoms with E-state index in [0.29, 0.717) is 18.2 Å². The van der Waals surface area contributed by atoms with Crippen molar-refractivity contribution in [2.45, 2.75) is 45.3 Å². The van der Waals surface area contributed by atoms with E-state index in [4.69, 9.17) is 4.98 Å². The first-order chi connectivity index (χ1) is 13.9. The van der Waals surface area contributed by atoms with Crippen molar-refractivity contribution in [2.75, 3.05) is 12.3 Å². The van der Waals surface area contributed by atoms with E-state index < -0.39 is 0 Å². The minimum Gasteiger partial charge on any atom is -0.356 e. The molecule has 29 heavy (non-hydrogen) atoms. The number of aryl methyl sites for hydroxylation is 1. The summed E-state index contributed by atoms with van der Waals surface area (Å²) in [6.45, 7) is 7.44. The molecule has 0 aliphatic carbocycles. The molecular weight excluding hydrogens is 402 g/mol. The fourth-order valence-corrected chi connectivity index (χ4v) is 4.95. The Kier molecular flexibility index (Phi) is 7.50. The van der Waals surface area contributed by atoms with Gasteiger partial charge in [-0.15, -0.1) is 11.3 Å². The highest BCUT2D eigenvalue weighted by Crippen LogP contribution is 2.27. The molecule has 7 heteroatoms. The van der Waals surface area contributed by atoms with Gasteiger partial charge in [0.05, 0.1) is 21.7 Å². The van der Waals surface area contributed by atoms with Crippen LogP contribution in [0.3, 0.4) is 0 Å². The van der Waals surface area contributed by atoms with E-state index in [9.17, 15) is 9.59 Å². The molecule has 0 saturated carbocycles. The second-order valence-corrected chi connectivity index (χ2v) is 9.54. The van der Waals surface area contributed by atoms with Crippen LogP contribution in [0, 0.1) is 5.92 Å². The highest BCUT2D eigenvalue weighted by molar-refractivity contribution is 7.99. The van der Waals surface area contributed by atoms with Crippen molar-refractivity contribution in [1.82, 2.24) is 14.9 Å². The van der Waals surface area contributed by atoms with Gasteiger partial charge < -0.3 is 9.88 Å². The van der Waals surface area contributed by atoms with Crippen LogP contribution in [-0.2, 0) is 17.8 Å². The van der Waals surface area contributed by atoms with Crippen LogP contribution in [0.5, 0.6) is 0 Å². The van der Waals surface area contributed by atoms with Gasteiger partial charge in [0.2, 0.25) is 5.91 Å². The molecule has 154 valence electrons. The smallest absolute Gasteiger partial charge is 0.216 e. The van der Waals surface area contributed by atoms with Crippen molar-refractivity contribution < 1.29 is 9.59 Å². The molecule has 1 aromatic carbocycles. The number of ketones is 1. The number of nitrogens with zero attached hydrogens (tertiary/aromatic N) is 2. The first-order valence-electron chi connectivity index (χ1n) is 9.88. The van der Waals surface area contributed by atoms with Gasteiger partial charge in [-0.3, -0.25) is 9.59 Å². The lowest BCUT2D eigenvalue weighted by molar-refractivity contribution is -0.118. The largest absolute Gasteiger partial charge is 0.356 e. The Labute approximate surface area is 179 Å². The summed E-state index contributed by atoms with van der Waals surface area (Å²) in [5.41, 5.74) is 2.10. The zero-order valence-electron chi connectivity index (χ0n) is 17.1. The number of nitrogens with one attached hydrogen (secondary N) is 1. The number of Topliss-reactive ketones (excluding diaryl/α,β-unsaturated/α-hetero) is 1. The predicted octanol–water partition coefficient (Wildman–Crippen LogP) is 4.80. The first-order valence-corrected chi connectivity index (χ1v) is 11.7. The van der Waals surface area contributed by atoms with Crippen molar-refractivity contribution in [3.05, 3.63) is 46.2 Å². The van der Waals surface area contributed by atoms with Crippen LogP contribution in [0.1, 0.15) is 41.7 Å². The summed E-state index contributed by atoms with van der Waals surface area (Å²) < 4.78 is 2.24. The standard InChI is InChI=1S/C22H27N3O2S2/c1-15(2)11-13-25-19-7-5-4-6-18(19)24-22(25)28-14-20(27)21-9-8-17(29-21)10-12-23-16(3)26/h4-9,15H,10-14H2,1-3H3,(H,23,26). The summed E-state index contributed by atoms with van der Waals surface area (Å²) in [4.78, 5) is 30.3. The Balaban J connectivity index is 1.65. The minimum absolute atomic E-state index is 0.0328. The average molecular weight is 430 g/mol. The predicted molar refractivity (Wildman–Crippen MR) is 121 cm³/mol. The molecule has 0 saturated heterocycles. The second kappa shape index (κ2) is 10.1. The molecule has 1 amide bonds. The van der Waals surface area contributed by atoms with Gasteiger partial charge >= 0.3 is 0 Å². The SMILES string of the molecule is CC(=O)NCCc1ccc(C(=O)CSc2nc3ccccc3n2CCC(C)C)s1. The summed E-state index contributed by atoms with van der Waals surface area (Å²) in [5, 5.41) is 3.69. The molecule has 1 N–H and O–H groups in total. The van der Waals surface area contributed by atoms with E-state index in [1.54, 1.807) is 0 Å². The van der Waals surface area contributed by atoms with Gasteiger partial charge in [-0.05, 0) is 43.0 Å². The summed E-state index contributed by atoms with van der Waals surface area (Å²) in [5.74, 6) is 1.07. The maximum Gasteiger partial charge on any atom is 0.216 e. The third-order valence-electron chi connectivity index (χ3n) is 4.56. The van der Waals surface area contributed by atoms with E-state index in [1.165, 1.54) is 30.0 Å². The van der Waals surface area contributed by atoms with E-state index in [-0.39, 0.29) is 11.7 Å². The van der Waals surface area contributed by atoms with Crippen LogP contribution >= 0.6 is 23.1 Å². The Morgan fingerprint density at radius 2 is 2.00 bits per heavy atom. The summed E-state index contributed by atoms with van der Waals surface area (Å²) in [6, 6.07) is 12.0. The van der Waals surface area contributed by atoms with Crippen LogP contribution in [0.15, 0.2) is 41.6 Å². The van der Waals surface area contributed by atoms with Crippen molar-refractivity contribution in [3.8, 4) is 0 Å². The minimum atomic E-state index is -0.0328. The number of hydrogen-bond acceptors (Lipinski definition) is 5. The van der Waals surface area contributed by atoms with E-state index in [0.717, 1.165) is 45.3 Å². The molecule has 2 aromatic heterocycles. The van der Waals surface area contributed by atoms with Gasteiger partial charge in [-0.1, -0.05) is 37.7 Å². The molecule has 2 heterocycles. The Morgan fingerprint density at radius 3 is 2.76 bits per heavy atom. The third kappa shape index (κ3) is 5.93. The van der Waals surface area contributed by atoms with Crippen molar-refractivity contribution in [3.63, 3.8) is 0 Å². The number of aromatic nitrogens is 2. The van der Waals surface area contributed by atoms with Crippen molar-refractivity contribution in [2.24, 2.45) is 5.92 Å². The molecule has 0 aliphatic rings. The number of para-hydroxylation sites is 2. The molecule has 0 unspecified atom stereocenters. The molecule has 0 fully saturated rings. The van der Waals surface area contributed by atoms with E-state index in [1.807, 2.05) is 30.3 Å². The van der Waals surface area contributed by atoms with Crippen LogP contribution < -0.4 is 5.32 Å². The van der Waals surface area contributed by atoms with E-state index >= 15 is 0 Å². The first kappa shape index (κ1) is 21.6. The molecule has 0 radical (unpaired) electrons. The second-order valence-electron chi connectivity index (χ2n) is 7.43. The lowest BCUT2D eigenvalue weighted by atomic mass is 10.1. The number of carbonyl (C=O) groups excluding carboxylic acids is 2. The molecule has 3 aromatic rings. The summed E-state index contributed by atoms with van der Waals surface area (Å²) >= 11 is 3.02. The summed E-state index contributed by atoms with van der Waals surface area (Å²) in [6.07, 6.45) is 1.82. The molecule has 3 rings (SSSR count). The monoisotopic (exact) mass is 429 g/mol. The number of carbonyl (C=O) groups is 2. The van der Waals surface area contributed by atoms with Crippen LogP contribution in [0.2, 0.25) is 0 Å². The number of imidazole rings is 1. The number of hydrogen-bond donors (Lipinski definition) is 1. The van der Waals surface area contributed by atoms with Gasteiger partial charge in [0, 0.05) is 24.9 Å². The number of thiophene rings is 1. The van der Waals surface area contributed by atoms with Crippen LogP contribution in [0.4, 0.5) is 0 Å². The van der Waals surface area contributed by atoms with Gasteiger partial charge in [0.1, 0.15) is 0 Å². The highest BCUT2D eigenvalue weighted by Gasteiger charge is 2.15. The Hall–Kier alpha value is -2.12. The van der Waals surface area contributed by atoms with Gasteiger partial charge in [0.15, 0.2) is 10.9 Å². The van der Waals surface area contributed by atoms with Crippen LogP contribution in [-0.4, -0.2) is 33.5 Å². The quantitative estimate of drug-likeness (QED) is 0.371. The normalized spacial score (nSPS) is 11.3. The van der Waals surface area contributed by atoms with Gasteiger partial charge in [0.25, 0.3) is 0 Å². The maximum absolute atomic E-state index is 12.7. The summed E-state index contributed by atoms with van der Waals surface area (Å²) in [7, 11) is 0. The number of amides is 1. The average Bonchev–Trinajstić information content (AvgIpc) is 3.28. The van der Waals surface area contributed by atoms with Gasteiger partial charge in [-0.2, -0.15) is 0 Å². The fraction of sp³-hybridized carbons (Fsp3) is 0.409. The number of thioether (sulfide) groups is 1. The zero-order chi connectivity index (χ0) is 20.8. The lowest BCUT2D eigenvalue weighted by Gasteiger charge is -2.10. The Morgan fingerprint density at radius 1 is 1.21 bits per heavy atom. The lowest BCUT2D eigenvalue weighted by Crippen LogP contribution is -2.22. The molecule has 0 bridgehead atoms. The maximum atomic E-state index is 12.7. The van der Waals surface area contributed by atoms with Crippen molar-refractivity contribution in [1.29, 1.82) is 0 Å². The van der Waals surface area contributed by atoms with E-state index in [2.05, 4.69) is 29.8 Å². The molecule has 0 atom stereocenters. The topological polar surface area (TPSA) is 64.0 Å².